The molecule has 3 aromatic rings. The van der Waals surface area contributed by atoms with Crippen LogP contribution in [0.15, 0.2) is 67.3 Å². The summed E-state index contributed by atoms with van der Waals surface area (Å²) in [6.07, 6.45) is 6.41. The number of nitrogens with one attached hydrogen (secondary N) is 1. The first-order valence-corrected chi connectivity index (χ1v) is 8.71. The van der Waals surface area contributed by atoms with Gasteiger partial charge in [-0.1, -0.05) is 0 Å². The van der Waals surface area contributed by atoms with Crippen LogP contribution in [0.1, 0.15) is 29.6 Å². The minimum Gasteiger partial charge on any atom is -0.497 e. The van der Waals surface area contributed by atoms with E-state index in [0.29, 0.717) is 30.6 Å². The van der Waals surface area contributed by atoms with E-state index in [4.69, 9.17) is 4.74 Å². The maximum absolute atomic E-state index is 12.2. The molecule has 1 heterocycles. The van der Waals surface area contributed by atoms with E-state index in [1.807, 2.05) is 35.0 Å². The lowest BCUT2D eigenvalue weighted by Gasteiger charge is -2.07. The molecule has 3 rings (SSSR count). The van der Waals surface area contributed by atoms with Gasteiger partial charge < -0.3 is 14.6 Å². The van der Waals surface area contributed by atoms with E-state index in [9.17, 15) is 9.59 Å². The first kappa shape index (κ1) is 18.4. The minimum absolute atomic E-state index is 0.0233. The molecule has 27 heavy (non-hydrogen) atoms. The number of nitrogens with zero attached hydrogens (tertiary/aromatic N) is 2. The molecule has 0 saturated heterocycles. The number of methoxy groups -OCH3 is 1. The van der Waals surface area contributed by atoms with Crippen molar-refractivity contribution in [2.24, 2.45) is 0 Å². The Labute approximate surface area is 157 Å². The number of benzene rings is 2. The number of amides is 1. The number of carbonyl (C=O) groups excluding carboxylic acids is 2. The van der Waals surface area contributed by atoms with Gasteiger partial charge in [0.15, 0.2) is 5.78 Å². The van der Waals surface area contributed by atoms with Gasteiger partial charge in [0.25, 0.3) is 0 Å². The van der Waals surface area contributed by atoms with Gasteiger partial charge in [-0.2, -0.15) is 0 Å². The summed E-state index contributed by atoms with van der Waals surface area (Å²) in [7, 11) is 1.58. The van der Waals surface area contributed by atoms with Crippen molar-refractivity contribution >= 4 is 17.4 Å². The standard InChI is InChI=1S/C21H21N3O3/c1-27-19-11-5-16(6-12-19)20(25)3-2-4-21(26)23-17-7-9-18(10-8-17)24-14-13-22-15-24/h5-15H,2-4H2,1H3,(H,23,26). The molecule has 0 bridgehead atoms. The van der Waals surface area contributed by atoms with Crippen LogP contribution in [0.4, 0.5) is 5.69 Å². The molecule has 2 aromatic carbocycles. The van der Waals surface area contributed by atoms with Gasteiger partial charge in [0.05, 0.1) is 13.4 Å². The summed E-state index contributed by atoms with van der Waals surface area (Å²) in [5.74, 6) is 0.632. The second-order valence-corrected chi connectivity index (χ2v) is 6.07. The number of imidazole rings is 1. The van der Waals surface area contributed by atoms with Crippen LogP contribution in [0.2, 0.25) is 0 Å². The summed E-state index contributed by atoms with van der Waals surface area (Å²) in [5, 5.41) is 2.85. The molecule has 0 atom stereocenters. The molecule has 1 amide bonds. The van der Waals surface area contributed by atoms with Gasteiger partial charge in [-0.05, 0) is 55.0 Å². The van der Waals surface area contributed by atoms with Gasteiger partial charge in [0.1, 0.15) is 5.75 Å². The van der Waals surface area contributed by atoms with Gasteiger partial charge in [-0.3, -0.25) is 9.59 Å². The molecule has 1 aromatic heterocycles. The Morgan fingerprint density at radius 3 is 2.41 bits per heavy atom. The quantitative estimate of drug-likeness (QED) is 0.617. The van der Waals surface area contributed by atoms with Gasteiger partial charge in [-0.15, -0.1) is 0 Å². The predicted octanol–water partition coefficient (Wildman–Crippen LogP) is 3.87. The van der Waals surface area contributed by atoms with Crippen LogP contribution in [0.3, 0.4) is 0 Å². The summed E-state index contributed by atoms with van der Waals surface area (Å²) >= 11 is 0. The Bertz CT molecular complexity index is 885. The summed E-state index contributed by atoms with van der Waals surface area (Å²) in [5.41, 5.74) is 2.33. The van der Waals surface area contributed by atoms with Crippen molar-refractivity contribution in [3.8, 4) is 11.4 Å². The third-order valence-electron chi connectivity index (χ3n) is 4.17. The molecule has 0 aliphatic carbocycles. The Balaban J connectivity index is 1.44. The van der Waals surface area contributed by atoms with Crippen molar-refractivity contribution in [1.29, 1.82) is 0 Å². The molecule has 0 fully saturated rings. The van der Waals surface area contributed by atoms with Crippen LogP contribution >= 0.6 is 0 Å². The summed E-state index contributed by atoms with van der Waals surface area (Å²) in [4.78, 5) is 28.2. The number of hydrogen-bond acceptors (Lipinski definition) is 4. The predicted molar refractivity (Wildman–Crippen MR) is 103 cm³/mol. The summed E-state index contributed by atoms with van der Waals surface area (Å²) < 4.78 is 6.96. The first-order chi connectivity index (χ1) is 13.2. The van der Waals surface area contributed by atoms with Gasteiger partial charge in [-0.25, -0.2) is 4.98 Å². The van der Waals surface area contributed by atoms with Gasteiger partial charge >= 0.3 is 0 Å². The highest BCUT2D eigenvalue weighted by molar-refractivity contribution is 5.96. The molecule has 6 heteroatoms. The number of carbonyl (C=O) groups is 2. The van der Waals surface area contributed by atoms with E-state index in [-0.39, 0.29) is 11.7 Å². The molecule has 138 valence electrons. The average Bonchev–Trinajstić information content (AvgIpc) is 3.23. The van der Waals surface area contributed by atoms with E-state index >= 15 is 0 Å². The topological polar surface area (TPSA) is 73.2 Å². The molecule has 1 N–H and O–H groups in total. The monoisotopic (exact) mass is 363 g/mol. The summed E-state index contributed by atoms with van der Waals surface area (Å²) in [6, 6.07) is 14.5. The molecule has 0 saturated carbocycles. The Hall–Kier alpha value is -3.41. The first-order valence-electron chi connectivity index (χ1n) is 8.71. The highest BCUT2D eigenvalue weighted by Crippen LogP contribution is 2.15. The molecule has 0 aliphatic heterocycles. The third-order valence-corrected chi connectivity index (χ3v) is 4.17. The Kier molecular flexibility index (Phi) is 5.99. The lowest BCUT2D eigenvalue weighted by atomic mass is 10.1. The molecule has 0 unspecified atom stereocenters. The van der Waals surface area contributed by atoms with E-state index < -0.39 is 0 Å². The molecule has 6 nitrogen and oxygen atoms in total. The summed E-state index contributed by atoms with van der Waals surface area (Å²) in [6.45, 7) is 0. The van der Waals surface area contributed by atoms with Crippen LogP contribution in [0, 0.1) is 0 Å². The second kappa shape index (κ2) is 8.80. The smallest absolute Gasteiger partial charge is 0.224 e. The van der Waals surface area contributed by atoms with Crippen molar-refractivity contribution in [2.45, 2.75) is 19.3 Å². The number of rotatable bonds is 8. The van der Waals surface area contributed by atoms with Crippen molar-refractivity contribution in [3.63, 3.8) is 0 Å². The second-order valence-electron chi connectivity index (χ2n) is 6.07. The van der Waals surface area contributed by atoms with Crippen LogP contribution in [0.25, 0.3) is 5.69 Å². The van der Waals surface area contributed by atoms with Gasteiger partial charge in [0, 0.05) is 42.2 Å². The van der Waals surface area contributed by atoms with E-state index in [0.717, 1.165) is 11.4 Å². The van der Waals surface area contributed by atoms with Crippen molar-refractivity contribution in [1.82, 2.24) is 9.55 Å². The molecular weight excluding hydrogens is 342 g/mol. The lowest BCUT2D eigenvalue weighted by molar-refractivity contribution is -0.116. The SMILES string of the molecule is COc1ccc(C(=O)CCCC(=O)Nc2ccc(-n3ccnc3)cc2)cc1. The number of ether oxygens (including phenoxy) is 1. The van der Waals surface area contributed by atoms with Crippen LogP contribution in [-0.2, 0) is 4.79 Å². The third kappa shape index (κ3) is 5.04. The fourth-order valence-electron chi connectivity index (χ4n) is 2.68. The van der Waals surface area contributed by atoms with Crippen LogP contribution in [0.5, 0.6) is 5.75 Å². The maximum Gasteiger partial charge on any atom is 0.224 e. The van der Waals surface area contributed by atoms with E-state index in [1.54, 1.807) is 43.9 Å². The minimum atomic E-state index is -0.104. The largest absolute Gasteiger partial charge is 0.497 e. The highest BCUT2D eigenvalue weighted by atomic mass is 16.5. The fraction of sp³-hybridized carbons (Fsp3) is 0.190. The van der Waals surface area contributed by atoms with Crippen molar-refractivity contribution < 1.29 is 14.3 Å². The zero-order chi connectivity index (χ0) is 19.1. The van der Waals surface area contributed by atoms with Crippen molar-refractivity contribution in [2.75, 3.05) is 12.4 Å². The Morgan fingerprint density at radius 2 is 1.78 bits per heavy atom. The van der Waals surface area contributed by atoms with Crippen molar-refractivity contribution in [3.05, 3.63) is 72.8 Å². The zero-order valence-corrected chi connectivity index (χ0v) is 15.1. The molecule has 0 spiro atoms. The van der Waals surface area contributed by atoms with Crippen LogP contribution in [-0.4, -0.2) is 28.4 Å². The average molecular weight is 363 g/mol. The molecule has 0 radical (unpaired) electrons. The zero-order valence-electron chi connectivity index (χ0n) is 15.1. The maximum atomic E-state index is 12.2. The van der Waals surface area contributed by atoms with Crippen LogP contribution < -0.4 is 10.1 Å². The van der Waals surface area contributed by atoms with E-state index in [2.05, 4.69) is 10.3 Å². The number of hydrogen-bond donors (Lipinski definition) is 1. The normalized spacial score (nSPS) is 10.4. The number of anilines is 1. The molecule has 0 aliphatic rings. The molecular formula is C21H21N3O3. The highest BCUT2D eigenvalue weighted by Gasteiger charge is 2.08. The van der Waals surface area contributed by atoms with Gasteiger partial charge in [0.2, 0.25) is 5.91 Å². The Morgan fingerprint density at radius 1 is 1.04 bits per heavy atom. The fourth-order valence-corrected chi connectivity index (χ4v) is 2.68. The van der Waals surface area contributed by atoms with E-state index in [1.165, 1.54) is 0 Å². The number of ketones is 1. The lowest BCUT2D eigenvalue weighted by Crippen LogP contribution is -2.12. The number of Topliss-reactive ketones (excluding diaryl/α,β-unsaturated/α-hetero) is 1. The number of aromatic nitrogens is 2.